The first kappa shape index (κ1) is 15.6. The van der Waals surface area contributed by atoms with Crippen LogP contribution in [0.15, 0.2) is 30.5 Å². The SMILES string of the molecule is Cc1ccc2c(c1)c1c(n2/C=C2\Cc3cc(C)ncc32)CC2CCC1N2C. The van der Waals surface area contributed by atoms with Gasteiger partial charge in [-0.25, -0.2) is 0 Å². The van der Waals surface area contributed by atoms with Gasteiger partial charge in [0.05, 0.1) is 5.52 Å². The molecule has 2 atom stereocenters. The van der Waals surface area contributed by atoms with Crippen LogP contribution in [0.3, 0.4) is 0 Å². The van der Waals surface area contributed by atoms with Gasteiger partial charge in [-0.3, -0.25) is 9.88 Å². The number of fused-ring (bicyclic) bond motifs is 7. The predicted molar refractivity (Wildman–Crippen MR) is 111 cm³/mol. The van der Waals surface area contributed by atoms with E-state index in [1.807, 2.05) is 0 Å². The Morgan fingerprint density at radius 1 is 1.15 bits per heavy atom. The molecule has 3 aliphatic rings. The summed E-state index contributed by atoms with van der Waals surface area (Å²) in [5, 5.41) is 1.46. The zero-order chi connectivity index (χ0) is 18.3. The van der Waals surface area contributed by atoms with Crippen molar-refractivity contribution < 1.29 is 0 Å². The normalized spacial score (nSPS) is 24.9. The van der Waals surface area contributed by atoms with Crippen LogP contribution in [-0.2, 0) is 12.8 Å². The van der Waals surface area contributed by atoms with Crippen molar-refractivity contribution in [1.29, 1.82) is 0 Å². The van der Waals surface area contributed by atoms with Crippen molar-refractivity contribution in [3.63, 3.8) is 0 Å². The fourth-order valence-corrected chi connectivity index (χ4v) is 5.58. The molecule has 0 saturated carbocycles. The number of benzene rings is 1. The summed E-state index contributed by atoms with van der Waals surface area (Å²) in [4.78, 5) is 7.14. The van der Waals surface area contributed by atoms with E-state index in [1.54, 1.807) is 11.3 Å². The molecule has 2 unspecified atom stereocenters. The fourth-order valence-electron chi connectivity index (χ4n) is 5.58. The van der Waals surface area contributed by atoms with Crippen LogP contribution in [0.5, 0.6) is 0 Å². The summed E-state index contributed by atoms with van der Waals surface area (Å²) in [6.07, 6.45) is 9.31. The van der Waals surface area contributed by atoms with Gasteiger partial charge >= 0.3 is 0 Å². The third-order valence-electron chi connectivity index (χ3n) is 7.04. The van der Waals surface area contributed by atoms with E-state index in [0.29, 0.717) is 12.1 Å². The average molecular weight is 355 g/mol. The monoisotopic (exact) mass is 355 g/mol. The lowest BCUT2D eigenvalue weighted by Gasteiger charge is -2.32. The Kier molecular flexibility index (Phi) is 3.09. The Morgan fingerprint density at radius 3 is 2.89 bits per heavy atom. The van der Waals surface area contributed by atoms with E-state index in [0.717, 1.165) is 12.1 Å². The van der Waals surface area contributed by atoms with Gasteiger partial charge in [-0.05, 0) is 68.6 Å². The Labute approximate surface area is 160 Å². The van der Waals surface area contributed by atoms with Gasteiger partial charge in [-0.1, -0.05) is 11.6 Å². The lowest BCUT2D eigenvalue weighted by atomic mass is 9.84. The fraction of sp³-hybridized carbons (Fsp3) is 0.375. The topological polar surface area (TPSA) is 21.1 Å². The summed E-state index contributed by atoms with van der Waals surface area (Å²) >= 11 is 0. The van der Waals surface area contributed by atoms with Crippen molar-refractivity contribution in [2.24, 2.45) is 0 Å². The molecule has 0 radical (unpaired) electrons. The smallest absolute Gasteiger partial charge is 0.0529 e. The van der Waals surface area contributed by atoms with Gasteiger partial charge in [-0.2, -0.15) is 0 Å². The Balaban J connectivity index is 1.57. The molecule has 1 aromatic carbocycles. The van der Waals surface area contributed by atoms with E-state index in [-0.39, 0.29) is 0 Å². The average Bonchev–Trinajstić information content (AvgIpc) is 3.04. The number of hydrogen-bond acceptors (Lipinski definition) is 2. The first-order valence-corrected chi connectivity index (χ1v) is 10.1. The molecule has 2 bridgehead atoms. The molecule has 1 fully saturated rings. The van der Waals surface area contributed by atoms with E-state index in [1.165, 1.54) is 52.4 Å². The first-order valence-electron chi connectivity index (χ1n) is 10.1. The highest BCUT2D eigenvalue weighted by Gasteiger charge is 2.40. The molecule has 136 valence electrons. The lowest BCUT2D eigenvalue weighted by molar-refractivity contribution is 0.223. The molecule has 3 nitrogen and oxygen atoms in total. The molecular weight excluding hydrogens is 330 g/mol. The number of aromatic nitrogens is 2. The van der Waals surface area contributed by atoms with Gasteiger partial charge < -0.3 is 4.57 Å². The molecule has 1 saturated heterocycles. The van der Waals surface area contributed by atoms with Gasteiger partial charge in [0.1, 0.15) is 0 Å². The molecule has 0 amide bonds. The number of pyridine rings is 1. The summed E-state index contributed by atoms with van der Waals surface area (Å²) in [6.45, 7) is 4.29. The Hall–Kier alpha value is -2.39. The third kappa shape index (κ3) is 2.09. The number of rotatable bonds is 1. The highest BCUT2D eigenvalue weighted by Crippen LogP contribution is 2.47. The maximum atomic E-state index is 4.52. The van der Waals surface area contributed by atoms with Crippen molar-refractivity contribution >= 4 is 22.7 Å². The Morgan fingerprint density at radius 2 is 2.04 bits per heavy atom. The summed E-state index contributed by atoms with van der Waals surface area (Å²) in [5.41, 5.74) is 11.2. The van der Waals surface area contributed by atoms with Gasteiger partial charge in [0.15, 0.2) is 0 Å². The molecule has 3 aromatic rings. The van der Waals surface area contributed by atoms with Crippen molar-refractivity contribution in [3.05, 3.63) is 64.1 Å². The number of allylic oxidation sites excluding steroid dienone is 1. The van der Waals surface area contributed by atoms with Crippen LogP contribution in [0.25, 0.3) is 22.7 Å². The molecule has 0 N–H and O–H groups in total. The number of likely N-dealkylation sites (N-methyl/N-ethyl adjacent to an activating group) is 1. The van der Waals surface area contributed by atoms with Crippen LogP contribution in [0.1, 0.15) is 52.5 Å². The van der Waals surface area contributed by atoms with Gasteiger partial charge in [0, 0.05) is 59.7 Å². The Bertz CT molecular complexity index is 1130. The first-order chi connectivity index (χ1) is 13.1. The van der Waals surface area contributed by atoms with Crippen molar-refractivity contribution in [3.8, 4) is 0 Å². The number of hydrogen-bond donors (Lipinski definition) is 0. The van der Waals surface area contributed by atoms with E-state index in [4.69, 9.17) is 0 Å². The molecule has 3 heteroatoms. The molecule has 2 aromatic heterocycles. The van der Waals surface area contributed by atoms with E-state index in [2.05, 4.69) is 72.0 Å². The van der Waals surface area contributed by atoms with Crippen LogP contribution >= 0.6 is 0 Å². The van der Waals surface area contributed by atoms with Crippen LogP contribution in [0.4, 0.5) is 0 Å². The summed E-state index contributed by atoms with van der Waals surface area (Å²) in [5.74, 6) is 0. The van der Waals surface area contributed by atoms with E-state index in [9.17, 15) is 0 Å². The highest BCUT2D eigenvalue weighted by atomic mass is 15.2. The zero-order valence-electron chi connectivity index (χ0n) is 16.3. The molecule has 1 aliphatic carbocycles. The second-order valence-electron chi connectivity index (χ2n) is 8.68. The minimum absolute atomic E-state index is 0.584. The van der Waals surface area contributed by atoms with Crippen LogP contribution in [-0.4, -0.2) is 27.5 Å². The molecule has 4 heterocycles. The predicted octanol–water partition coefficient (Wildman–Crippen LogP) is 4.90. The second kappa shape index (κ2) is 5.32. The van der Waals surface area contributed by atoms with Gasteiger partial charge in [-0.15, -0.1) is 0 Å². The largest absolute Gasteiger partial charge is 0.320 e. The number of aryl methyl sites for hydroxylation is 2. The van der Waals surface area contributed by atoms with Gasteiger partial charge in [0.2, 0.25) is 0 Å². The summed E-state index contributed by atoms with van der Waals surface area (Å²) in [7, 11) is 2.32. The maximum Gasteiger partial charge on any atom is 0.0529 e. The van der Waals surface area contributed by atoms with E-state index >= 15 is 0 Å². The van der Waals surface area contributed by atoms with Crippen LogP contribution < -0.4 is 0 Å². The van der Waals surface area contributed by atoms with Gasteiger partial charge in [0.25, 0.3) is 0 Å². The van der Waals surface area contributed by atoms with Crippen molar-refractivity contribution in [2.45, 2.75) is 51.6 Å². The zero-order valence-corrected chi connectivity index (χ0v) is 16.3. The minimum Gasteiger partial charge on any atom is -0.320 e. The minimum atomic E-state index is 0.584. The molecule has 27 heavy (non-hydrogen) atoms. The molecule has 6 rings (SSSR count). The highest BCUT2D eigenvalue weighted by molar-refractivity contribution is 5.93. The third-order valence-corrected chi connectivity index (χ3v) is 7.04. The summed E-state index contributed by atoms with van der Waals surface area (Å²) < 4.78 is 2.51. The number of nitrogens with zero attached hydrogens (tertiary/aromatic N) is 3. The second-order valence-corrected chi connectivity index (χ2v) is 8.68. The molecule has 0 spiro atoms. The van der Waals surface area contributed by atoms with Crippen LogP contribution in [0, 0.1) is 13.8 Å². The van der Waals surface area contributed by atoms with Crippen molar-refractivity contribution in [1.82, 2.24) is 14.5 Å². The van der Waals surface area contributed by atoms with Crippen LogP contribution in [0.2, 0.25) is 0 Å². The molecular formula is C24H25N3. The lowest BCUT2D eigenvalue weighted by Crippen LogP contribution is -2.34. The van der Waals surface area contributed by atoms with Crippen molar-refractivity contribution in [2.75, 3.05) is 7.05 Å². The standard InChI is InChI=1S/C24H25N3/c1-14-4-6-21-19(8-14)24-22-7-5-18(26(22)3)11-23(24)27(21)13-17-10-16-9-15(2)25-12-20(16)17/h4,6,8-9,12-13,18,22H,5,7,10-11H2,1-3H3/b17-13+. The summed E-state index contributed by atoms with van der Waals surface area (Å²) in [6, 6.07) is 10.5. The quantitative estimate of drug-likeness (QED) is 0.619. The van der Waals surface area contributed by atoms with E-state index < -0.39 is 0 Å². The maximum absolute atomic E-state index is 4.52. The molecule has 2 aliphatic heterocycles.